The van der Waals surface area contributed by atoms with E-state index in [2.05, 4.69) is 26.6 Å². The van der Waals surface area contributed by atoms with Crippen LogP contribution in [-0.4, -0.2) is 230 Å². The Hall–Kier alpha value is -6.66. The van der Waals surface area contributed by atoms with Crippen LogP contribution in [0.15, 0.2) is 12.2 Å². The van der Waals surface area contributed by atoms with Crippen LogP contribution in [0, 0.1) is 41.4 Å². The van der Waals surface area contributed by atoms with Gasteiger partial charge in [0.2, 0.25) is 59.1 Å². The highest BCUT2D eigenvalue weighted by Crippen LogP contribution is 2.27. The van der Waals surface area contributed by atoms with Crippen molar-refractivity contribution in [3.63, 3.8) is 0 Å². The minimum atomic E-state index is -1.56. The van der Waals surface area contributed by atoms with Crippen molar-refractivity contribution in [2.24, 2.45) is 41.4 Å². The summed E-state index contributed by atoms with van der Waals surface area (Å²) in [5, 5.41) is 14.0. The maximum atomic E-state index is 15.2. The van der Waals surface area contributed by atoms with Crippen LogP contribution in [0.4, 0.5) is 0 Å². The number of likely N-dealkylation sites (N-methyl/N-ethyl adjacent to an activating group) is 7. The molecule has 25 nitrogen and oxygen atoms in total. The number of hydrogen-bond acceptors (Lipinski definition) is 15. The summed E-state index contributed by atoms with van der Waals surface area (Å²) in [5.74, 6) is -9.41. The van der Waals surface area contributed by atoms with Crippen molar-refractivity contribution in [3.8, 4) is 0 Å². The summed E-state index contributed by atoms with van der Waals surface area (Å²) in [6.07, 6.45) is 3.74. The van der Waals surface area contributed by atoms with Crippen molar-refractivity contribution in [3.05, 3.63) is 12.2 Å². The number of nitrogens with zero attached hydrogens (tertiary/aromatic N) is 6. The normalized spacial score (nSPS) is 15.7. The molecule has 0 bridgehead atoms. The number of carbonyl (C=O) groups excluding carboxylic acids is 12. The van der Waals surface area contributed by atoms with Crippen molar-refractivity contribution in [2.75, 3.05) is 63.0 Å². The van der Waals surface area contributed by atoms with Gasteiger partial charge in [0.15, 0.2) is 0 Å². The lowest BCUT2D eigenvalue weighted by molar-refractivity contribution is -0.164. The Morgan fingerprint density at radius 3 is 1.36 bits per heavy atom. The van der Waals surface area contributed by atoms with Crippen LogP contribution in [0.25, 0.3) is 0 Å². The van der Waals surface area contributed by atoms with Gasteiger partial charge in [-0.1, -0.05) is 109 Å². The molecule has 0 aliphatic heterocycles. The summed E-state index contributed by atoms with van der Waals surface area (Å²) in [7, 11) is 11.4. The smallest absolute Gasteiger partial charge is 0.325 e. The van der Waals surface area contributed by atoms with Crippen molar-refractivity contribution in [1.29, 1.82) is 0 Å². The van der Waals surface area contributed by atoms with E-state index in [1.54, 1.807) is 61.6 Å². The molecule has 90 heavy (non-hydrogen) atoms. The molecule has 0 heterocycles. The van der Waals surface area contributed by atoms with Gasteiger partial charge in [-0.05, 0) is 108 Å². The number of hydrogen-bond donors (Lipinski definition) is 5. The van der Waals surface area contributed by atoms with Crippen LogP contribution in [0.5, 0.6) is 0 Å². The third-order valence-corrected chi connectivity index (χ3v) is 16.1. The van der Waals surface area contributed by atoms with E-state index in [1.165, 1.54) is 89.8 Å². The van der Waals surface area contributed by atoms with E-state index in [0.29, 0.717) is 12.8 Å². The van der Waals surface area contributed by atoms with Crippen LogP contribution in [0.3, 0.4) is 0 Å². The van der Waals surface area contributed by atoms with Gasteiger partial charge in [-0.25, -0.2) is 0 Å². The largest absolute Gasteiger partial charge is 0.468 e. The Morgan fingerprint density at radius 2 is 0.922 bits per heavy atom. The van der Waals surface area contributed by atoms with Crippen LogP contribution >= 0.6 is 0 Å². The molecule has 0 spiro atoms. The summed E-state index contributed by atoms with van der Waals surface area (Å²) in [6.45, 7) is 31.1. The van der Waals surface area contributed by atoms with E-state index in [4.69, 9.17) is 9.47 Å². The highest BCUT2D eigenvalue weighted by Gasteiger charge is 2.46. The number of ether oxygens (including phenoxy) is 2. The van der Waals surface area contributed by atoms with Gasteiger partial charge in [-0.2, -0.15) is 0 Å². The highest BCUT2D eigenvalue weighted by atomic mass is 16.5. The standard InChI is InChI=1S/C65H117N11O14/c1-27-29-30-42(15)55(90-45(18)77)54(59(82)69-46(28-2)61(84)71(20)35-51(78)89-26)76(25)65(88)53(41(13)14)75(24)63(86)50(34-39(9)10)74(23)62(85)49(33-38(7)8)73(22)60(83)44(17)68-56(79)43(16)67-58(81)48(32-37(5)6)72(21)64(87)52(40(11)12)70-57(80)47(66-19)31-36(3)4/h27,29,36-44,46-50,52-55,66H,28,30-35H2,1-26H3,(H,67,81)(H,68,79)(H,69,82)(H,70,80)/b29-27+/t42-,43+,44-,46+,47+,48+,49+,50+,52?,53?,54?,55-/m1/s1. The predicted octanol–water partition coefficient (Wildman–Crippen LogP) is 3.76. The summed E-state index contributed by atoms with van der Waals surface area (Å²) in [5.41, 5.74) is 0. The quantitative estimate of drug-likeness (QED) is 0.0434. The molecule has 516 valence electrons. The highest BCUT2D eigenvalue weighted by molar-refractivity contribution is 5.99. The first kappa shape index (κ1) is 83.3. The summed E-state index contributed by atoms with van der Waals surface area (Å²) in [4.78, 5) is 176. The fourth-order valence-corrected chi connectivity index (χ4v) is 10.7. The van der Waals surface area contributed by atoms with Gasteiger partial charge in [0.05, 0.1) is 13.2 Å². The molecule has 25 heteroatoms. The van der Waals surface area contributed by atoms with E-state index in [0.717, 1.165) is 9.80 Å². The van der Waals surface area contributed by atoms with E-state index < -0.39 is 150 Å². The van der Waals surface area contributed by atoms with E-state index in [-0.39, 0.29) is 61.2 Å². The second-order valence-corrected chi connectivity index (χ2v) is 26.6. The maximum absolute atomic E-state index is 15.2. The number of esters is 2. The summed E-state index contributed by atoms with van der Waals surface area (Å²) >= 11 is 0. The van der Waals surface area contributed by atoms with Gasteiger partial charge >= 0.3 is 11.9 Å². The summed E-state index contributed by atoms with van der Waals surface area (Å²) < 4.78 is 10.6. The zero-order valence-electron chi connectivity index (χ0n) is 59.4. The first-order valence-electron chi connectivity index (χ1n) is 31.9. The number of rotatable bonds is 38. The third kappa shape index (κ3) is 25.6. The Labute approximate surface area is 538 Å². The molecule has 0 aromatic rings. The van der Waals surface area contributed by atoms with E-state index in [9.17, 15) is 43.2 Å². The molecule has 0 aliphatic rings. The molecule has 0 aromatic carbocycles. The monoisotopic (exact) mass is 1280 g/mol. The van der Waals surface area contributed by atoms with Gasteiger partial charge in [0.25, 0.3) is 0 Å². The Morgan fingerprint density at radius 1 is 0.467 bits per heavy atom. The van der Waals surface area contributed by atoms with Crippen LogP contribution in [0.2, 0.25) is 0 Å². The molecule has 0 saturated heterocycles. The maximum Gasteiger partial charge on any atom is 0.325 e. The molecule has 5 N–H and O–H groups in total. The molecule has 10 amide bonds. The van der Waals surface area contributed by atoms with E-state index >= 15 is 14.4 Å². The first-order valence-corrected chi connectivity index (χ1v) is 31.9. The molecule has 0 fully saturated rings. The number of allylic oxidation sites excluding steroid dienone is 2. The molecule has 3 unspecified atom stereocenters. The second-order valence-electron chi connectivity index (χ2n) is 26.6. The summed E-state index contributed by atoms with van der Waals surface area (Å²) in [6, 6.07) is -11.4. The van der Waals surface area contributed by atoms with Gasteiger partial charge in [-0.15, -0.1) is 0 Å². The number of carbonyl (C=O) groups is 12. The van der Waals surface area contributed by atoms with Gasteiger partial charge in [0.1, 0.15) is 67.0 Å². The van der Waals surface area contributed by atoms with Gasteiger partial charge < -0.3 is 65.5 Å². The molecule has 12 atom stereocenters. The molecule has 0 rings (SSSR count). The molecular weight excluding hydrogens is 1160 g/mol. The van der Waals surface area contributed by atoms with Crippen LogP contribution < -0.4 is 26.6 Å². The number of nitrogens with one attached hydrogen (secondary N) is 5. The fraction of sp³-hybridized carbons (Fsp3) is 0.785. The average molecular weight is 1280 g/mol. The number of methoxy groups -OCH3 is 1. The molecule has 0 aromatic heterocycles. The third-order valence-electron chi connectivity index (χ3n) is 16.1. The Kier molecular flexibility index (Phi) is 36.6. The molecule has 0 saturated carbocycles. The van der Waals surface area contributed by atoms with Crippen molar-refractivity contribution < 1.29 is 67.0 Å². The van der Waals surface area contributed by atoms with Crippen molar-refractivity contribution in [2.45, 2.75) is 230 Å². The lowest BCUT2D eigenvalue weighted by Gasteiger charge is -2.42. The Balaban J connectivity index is 7.17. The fourth-order valence-electron chi connectivity index (χ4n) is 10.7. The zero-order chi connectivity index (χ0) is 70.1. The Bertz CT molecular complexity index is 2430. The minimum Gasteiger partial charge on any atom is -0.468 e. The molecule has 0 radical (unpaired) electrons. The topological polar surface area (TPSA) is 303 Å². The van der Waals surface area contributed by atoms with E-state index in [1.807, 2.05) is 61.5 Å². The average Bonchev–Trinajstić information content (AvgIpc) is 0.992. The van der Waals surface area contributed by atoms with Crippen LogP contribution in [-0.2, 0) is 67.0 Å². The first-order chi connectivity index (χ1) is 41.6. The zero-order valence-corrected chi connectivity index (χ0v) is 59.4. The molecule has 0 aliphatic carbocycles. The lowest BCUT2D eigenvalue weighted by Crippen LogP contribution is -2.64. The lowest BCUT2D eigenvalue weighted by atomic mass is 9.91. The SMILES string of the molecule is C/C=C/C[C@@H](C)[C@@H](OC(C)=O)C(C(=O)N[C@@H](CC)C(=O)N(C)CC(=O)OC)N(C)C(=O)C(C(C)C)N(C)C(=O)[C@H](CC(C)C)N(C)C(=O)[C@H](CC(C)C)N(C)C(=O)[C@@H](C)NC(=O)[C@H](C)NC(=O)[C@H](CC(C)C)N(C)C(=O)C(NC(=O)[C@H](CC(C)C)NC)C(C)C. The van der Waals surface area contributed by atoms with Crippen LogP contribution in [0.1, 0.15) is 163 Å². The van der Waals surface area contributed by atoms with Gasteiger partial charge in [0, 0.05) is 49.2 Å². The second kappa shape index (κ2) is 39.6. The van der Waals surface area contributed by atoms with Gasteiger partial charge in [-0.3, -0.25) is 57.5 Å². The minimum absolute atomic E-state index is 0.0684. The number of amides is 10. The molecular formula is C65H117N11O14. The predicted molar refractivity (Wildman–Crippen MR) is 346 cm³/mol. The van der Waals surface area contributed by atoms with Crippen molar-refractivity contribution in [1.82, 2.24) is 56.0 Å². The van der Waals surface area contributed by atoms with Crippen molar-refractivity contribution >= 4 is 71.0 Å².